The molecule has 4 aliphatic heterocycles. The highest BCUT2D eigenvalue weighted by Gasteiger charge is 2.69. The monoisotopic (exact) mass is 339 g/mol. The predicted molar refractivity (Wildman–Crippen MR) is 97.6 cm³/mol. The first-order valence-electron chi connectivity index (χ1n) is 9.79. The third-order valence-corrected chi connectivity index (χ3v) is 7.17. The van der Waals surface area contributed by atoms with E-state index in [9.17, 15) is 4.79 Å². The van der Waals surface area contributed by atoms with Crippen LogP contribution < -0.4 is 9.80 Å². The number of fused-ring (bicyclic) bond motifs is 1. The zero-order chi connectivity index (χ0) is 17.4. The van der Waals surface area contributed by atoms with Gasteiger partial charge < -0.3 is 4.98 Å². The lowest BCUT2D eigenvalue weighted by atomic mass is 9.59. The van der Waals surface area contributed by atoms with Crippen LogP contribution in [0.25, 0.3) is 10.9 Å². The molecular weight excluding hydrogens is 310 g/mol. The highest BCUT2D eigenvalue weighted by Crippen LogP contribution is 2.40. The number of hydrogen-bond donors (Lipinski definition) is 3. The number of para-hydroxylation sites is 1. The van der Waals surface area contributed by atoms with E-state index in [1.165, 1.54) is 22.2 Å². The molecule has 1 aromatic heterocycles. The fourth-order valence-electron chi connectivity index (χ4n) is 6.63. The standard InChI is InChI=1S/C21H27N3O/c1-4-9-21-12-23-10-20(3,19(21)25)11-24(13-21)18(23)17-14(2)22-16-8-6-5-7-15(16)17/h5-8,18,22H,4,9-13H2,1-3H3/p+2. The van der Waals surface area contributed by atoms with Crippen molar-refractivity contribution in [3.63, 3.8) is 0 Å². The van der Waals surface area contributed by atoms with Crippen LogP contribution in [0.2, 0.25) is 0 Å². The van der Waals surface area contributed by atoms with Crippen LogP contribution in [0.4, 0.5) is 0 Å². The lowest BCUT2D eigenvalue weighted by Crippen LogP contribution is -3.41. The Bertz CT molecular complexity index is 851. The summed E-state index contributed by atoms with van der Waals surface area (Å²) >= 11 is 0. The van der Waals surface area contributed by atoms with Crippen molar-refractivity contribution < 1.29 is 14.6 Å². The molecule has 2 atom stereocenters. The minimum absolute atomic E-state index is 0.0683. The van der Waals surface area contributed by atoms with Gasteiger partial charge in [-0.25, -0.2) is 0 Å². The average Bonchev–Trinajstić information content (AvgIpc) is 2.88. The Morgan fingerprint density at radius 1 is 1.16 bits per heavy atom. The smallest absolute Gasteiger partial charge is 0.242 e. The van der Waals surface area contributed by atoms with Crippen LogP contribution in [0.3, 0.4) is 0 Å². The fraction of sp³-hybridized carbons (Fsp3) is 0.571. The number of aromatic nitrogens is 1. The SMILES string of the molecule is CCCC12C[NH+]3CC(C)(C[NH+](C1)C3c1c(C)[nH]c3ccccc13)C2=O. The first kappa shape index (κ1) is 15.6. The maximum absolute atomic E-state index is 13.2. The molecule has 3 N–H and O–H groups in total. The van der Waals surface area contributed by atoms with Crippen molar-refractivity contribution in [3.05, 3.63) is 35.5 Å². The first-order valence-corrected chi connectivity index (χ1v) is 9.79. The predicted octanol–water partition coefficient (Wildman–Crippen LogP) is 0.647. The van der Waals surface area contributed by atoms with Gasteiger partial charge in [0.05, 0.1) is 5.56 Å². The molecule has 0 spiro atoms. The Hall–Kier alpha value is -1.65. The number of quaternary nitrogens is 2. The van der Waals surface area contributed by atoms with Crippen molar-refractivity contribution in [3.8, 4) is 0 Å². The van der Waals surface area contributed by atoms with Crippen molar-refractivity contribution in [1.29, 1.82) is 0 Å². The van der Waals surface area contributed by atoms with Gasteiger partial charge in [-0.2, -0.15) is 0 Å². The molecule has 0 radical (unpaired) electrons. The van der Waals surface area contributed by atoms with Crippen LogP contribution in [-0.4, -0.2) is 36.9 Å². The Morgan fingerprint density at radius 2 is 1.84 bits per heavy atom. The Balaban J connectivity index is 1.63. The number of aryl methyl sites for hydroxylation is 1. The Labute approximate surface area is 149 Å². The number of ketones is 1. The maximum Gasteiger partial charge on any atom is 0.242 e. The molecule has 1 aromatic carbocycles. The van der Waals surface area contributed by atoms with Crippen molar-refractivity contribution in [2.45, 2.75) is 39.8 Å². The summed E-state index contributed by atoms with van der Waals surface area (Å²) in [7, 11) is 0. The quantitative estimate of drug-likeness (QED) is 0.755. The molecule has 2 aromatic rings. The van der Waals surface area contributed by atoms with Crippen molar-refractivity contribution in [1.82, 2.24) is 4.98 Å². The number of piperidine rings is 2. The van der Waals surface area contributed by atoms with Gasteiger partial charge in [-0.15, -0.1) is 0 Å². The van der Waals surface area contributed by atoms with Crippen LogP contribution in [0.1, 0.15) is 44.1 Å². The average molecular weight is 339 g/mol. The minimum Gasteiger partial charge on any atom is -0.358 e. The summed E-state index contributed by atoms with van der Waals surface area (Å²) in [5.74, 6) is 0.573. The lowest BCUT2D eigenvalue weighted by molar-refractivity contribution is -1.18. The molecule has 4 bridgehead atoms. The van der Waals surface area contributed by atoms with Crippen molar-refractivity contribution in [2.24, 2.45) is 10.8 Å². The van der Waals surface area contributed by atoms with Gasteiger partial charge in [0.15, 0.2) is 5.78 Å². The van der Waals surface area contributed by atoms with E-state index >= 15 is 0 Å². The molecule has 4 saturated heterocycles. The van der Waals surface area contributed by atoms with Crippen LogP contribution in [0.15, 0.2) is 24.3 Å². The summed E-state index contributed by atoms with van der Waals surface area (Å²) in [5.41, 5.74) is 3.85. The third-order valence-electron chi connectivity index (χ3n) is 7.17. The van der Waals surface area contributed by atoms with E-state index in [0.717, 1.165) is 39.0 Å². The fourth-order valence-corrected chi connectivity index (χ4v) is 6.63. The van der Waals surface area contributed by atoms with Crippen LogP contribution in [0, 0.1) is 17.8 Å². The Morgan fingerprint density at radius 3 is 2.52 bits per heavy atom. The second-order valence-electron chi connectivity index (χ2n) is 9.09. The van der Waals surface area contributed by atoms with E-state index < -0.39 is 0 Å². The van der Waals surface area contributed by atoms with Gasteiger partial charge >= 0.3 is 0 Å². The zero-order valence-corrected chi connectivity index (χ0v) is 15.5. The van der Waals surface area contributed by atoms with Gasteiger partial charge in [0.1, 0.15) is 37.0 Å². The van der Waals surface area contributed by atoms with Crippen LogP contribution in [-0.2, 0) is 4.79 Å². The van der Waals surface area contributed by atoms with Gasteiger partial charge in [-0.1, -0.05) is 31.5 Å². The summed E-state index contributed by atoms with van der Waals surface area (Å²) in [6.45, 7) is 10.7. The van der Waals surface area contributed by atoms with E-state index in [1.54, 1.807) is 9.80 Å². The van der Waals surface area contributed by atoms with Crippen LogP contribution >= 0.6 is 0 Å². The van der Waals surface area contributed by atoms with E-state index in [0.29, 0.717) is 11.9 Å². The Kier molecular flexibility index (Phi) is 3.09. The largest absolute Gasteiger partial charge is 0.358 e. The molecule has 4 heteroatoms. The first-order chi connectivity index (χ1) is 12.0. The molecule has 5 heterocycles. The number of nitrogens with one attached hydrogen (secondary N) is 3. The molecule has 0 aliphatic carbocycles. The van der Waals surface area contributed by atoms with Gasteiger partial charge in [0.2, 0.25) is 6.17 Å². The second-order valence-corrected chi connectivity index (χ2v) is 9.09. The highest BCUT2D eigenvalue weighted by molar-refractivity contribution is 5.92. The number of carbonyl (C=O) groups is 1. The van der Waals surface area contributed by atoms with Gasteiger partial charge in [0.25, 0.3) is 0 Å². The maximum atomic E-state index is 13.2. The number of benzene rings is 1. The molecule has 0 saturated carbocycles. The minimum atomic E-state index is -0.118. The number of rotatable bonds is 3. The molecule has 4 fully saturated rings. The molecule has 6 rings (SSSR count). The lowest BCUT2D eigenvalue weighted by Gasteiger charge is -2.59. The highest BCUT2D eigenvalue weighted by atomic mass is 16.1. The molecule has 0 amide bonds. The van der Waals surface area contributed by atoms with Gasteiger partial charge in [-0.3, -0.25) is 14.6 Å². The summed E-state index contributed by atoms with van der Waals surface area (Å²) in [6, 6.07) is 8.69. The summed E-state index contributed by atoms with van der Waals surface area (Å²) in [5, 5.41) is 1.37. The summed E-state index contributed by atoms with van der Waals surface area (Å²) < 4.78 is 0. The molecular formula is C21H29N3O+2. The number of carbonyl (C=O) groups excluding carboxylic acids is 1. The number of hydrogen-bond acceptors (Lipinski definition) is 1. The van der Waals surface area contributed by atoms with Crippen LogP contribution in [0.5, 0.6) is 0 Å². The molecule has 4 nitrogen and oxygen atoms in total. The van der Waals surface area contributed by atoms with Gasteiger partial charge in [0, 0.05) is 16.6 Å². The normalized spacial score (nSPS) is 39.5. The molecule has 2 unspecified atom stereocenters. The number of Topliss-reactive ketones (excluding diaryl/α,β-unsaturated/α-hetero) is 1. The zero-order valence-electron chi connectivity index (χ0n) is 15.5. The molecule has 25 heavy (non-hydrogen) atoms. The summed E-state index contributed by atoms with van der Waals surface area (Å²) in [6.07, 6.45) is 2.65. The van der Waals surface area contributed by atoms with E-state index in [1.807, 2.05) is 0 Å². The summed E-state index contributed by atoms with van der Waals surface area (Å²) in [4.78, 5) is 20.1. The third kappa shape index (κ3) is 1.92. The number of aromatic amines is 1. The van der Waals surface area contributed by atoms with E-state index in [4.69, 9.17) is 0 Å². The molecule has 132 valence electrons. The number of H-pyrrole nitrogens is 1. The second kappa shape index (κ2) is 4.95. The molecule has 4 aliphatic rings. The topological polar surface area (TPSA) is 41.7 Å². The van der Waals surface area contributed by atoms with E-state index in [2.05, 4.69) is 50.0 Å². The van der Waals surface area contributed by atoms with Crippen molar-refractivity contribution >= 4 is 16.7 Å². The van der Waals surface area contributed by atoms with E-state index in [-0.39, 0.29) is 10.8 Å². The van der Waals surface area contributed by atoms with Crippen molar-refractivity contribution in [2.75, 3.05) is 26.2 Å². The van der Waals surface area contributed by atoms with Gasteiger partial charge in [-0.05, 0) is 26.3 Å².